The predicted molar refractivity (Wildman–Crippen MR) is 82.5 cm³/mol. The molecule has 1 aliphatic rings. The van der Waals surface area contributed by atoms with E-state index in [1.807, 2.05) is 36.4 Å². The van der Waals surface area contributed by atoms with Gasteiger partial charge in [0.2, 0.25) is 10.0 Å². The van der Waals surface area contributed by atoms with E-state index in [2.05, 4.69) is 0 Å². The summed E-state index contributed by atoms with van der Waals surface area (Å²) >= 11 is 0. The van der Waals surface area contributed by atoms with Crippen molar-refractivity contribution in [2.75, 3.05) is 17.5 Å². The van der Waals surface area contributed by atoms with Crippen LogP contribution in [-0.2, 0) is 10.0 Å². The van der Waals surface area contributed by atoms with Gasteiger partial charge < -0.3 is 5.11 Å². The standard InChI is InChI=1S/C16H17NO3S/c18-12-14-11-17(15-9-5-2-6-10-15)21(19,20)16(14)13-7-3-1-4-8-13/h1-10,14,16,18H,11-12H2/t14-,16-/m0/s1. The maximum absolute atomic E-state index is 12.9. The average molecular weight is 303 g/mol. The van der Waals surface area contributed by atoms with Crippen LogP contribution in [0.2, 0.25) is 0 Å². The van der Waals surface area contributed by atoms with Crippen LogP contribution in [-0.4, -0.2) is 26.7 Å². The molecule has 1 fully saturated rings. The van der Waals surface area contributed by atoms with Gasteiger partial charge in [0.25, 0.3) is 0 Å². The highest BCUT2D eigenvalue weighted by atomic mass is 32.2. The smallest absolute Gasteiger partial charge is 0.242 e. The molecule has 3 rings (SSSR count). The van der Waals surface area contributed by atoms with E-state index in [4.69, 9.17) is 0 Å². The van der Waals surface area contributed by atoms with Gasteiger partial charge in [-0.1, -0.05) is 48.5 Å². The number of hydrogen-bond donors (Lipinski definition) is 1. The quantitative estimate of drug-likeness (QED) is 0.945. The van der Waals surface area contributed by atoms with E-state index in [0.29, 0.717) is 12.2 Å². The monoisotopic (exact) mass is 303 g/mol. The van der Waals surface area contributed by atoms with Gasteiger partial charge >= 0.3 is 0 Å². The second-order valence-corrected chi connectivity index (χ2v) is 7.16. The Labute approximate surface area is 124 Å². The number of benzene rings is 2. The fraction of sp³-hybridized carbons (Fsp3) is 0.250. The average Bonchev–Trinajstić information content (AvgIpc) is 2.79. The molecule has 0 aliphatic carbocycles. The van der Waals surface area contributed by atoms with Gasteiger partial charge in [-0.05, 0) is 17.7 Å². The normalized spacial score (nSPS) is 24.1. The van der Waals surface area contributed by atoms with E-state index >= 15 is 0 Å². The van der Waals surface area contributed by atoms with Crippen LogP contribution in [0.15, 0.2) is 60.7 Å². The molecule has 2 aromatic carbocycles. The summed E-state index contributed by atoms with van der Waals surface area (Å²) in [5.74, 6) is -0.322. The third kappa shape index (κ3) is 2.43. The Morgan fingerprint density at radius 1 is 1.00 bits per heavy atom. The Balaban J connectivity index is 2.05. The van der Waals surface area contributed by atoms with E-state index in [1.165, 1.54) is 4.31 Å². The molecule has 0 aromatic heterocycles. The minimum atomic E-state index is -3.52. The lowest BCUT2D eigenvalue weighted by molar-refractivity contribution is 0.232. The second kappa shape index (κ2) is 5.50. The minimum absolute atomic E-state index is 0.151. The Morgan fingerprint density at radius 2 is 1.57 bits per heavy atom. The molecule has 5 heteroatoms. The molecule has 1 aliphatic heterocycles. The summed E-state index contributed by atoms with van der Waals surface area (Å²) in [4.78, 5) is 0. The third-order valence-corrected chi connectivity index (χ3v) is 6.14. The number of sulfonamides is 1. The lowest BCUT2D eigenvalue weighted by Crippen LogP contribution is -2.26. The summed E-state index contributed by atoms with van der Waals surface area (Å²) in [5, 5.41) is 8.91. The lowest BCUT2D eigenvalue weighted by atomic mass is 9.99. The maximum Gasteiger partial charge on any atom is 0.242 e. The van der Waals surface area contributed by atoms with Crippen molar-refractivity contribution in [2.24, 2.45) is 5.92 Å². The molecule has 0 radical (unpaired) electrons. The van der Waals surface area contributed by atoms with Crippen molar-refractivity contribution in [2.45, 2.75) is 5.25 Å². The molecule has 0 amide bonds. The van der Waals surface area contributed by atoms with Crippen LogP contribution >= 0.6 is 0 Å². The summed E-state index contributed by atoms with van der Waals surface area (Å²) in [5.41, 5.74) is 1.38. The molecule has 110 valence electrons. The highest BCUT2D eigenvalue weighted by Gasteiger charge is 2.46. The fourth-order valence-corrected chi connectivity index (χ4v) is 5.13. The zero-order valence-corrected chi connectivity index (χ0v) is 12.3. The van der Waals surface area contributed by atoms with Crippen molar-refractivity contribution in [1.82, 2.24) is 0 Å². The summed E-state index contributed by atoms with van der Waals surface area (Å²) in [6, 6.07) is 18.1. The number of anilines is 1. The topological polar surface area (TPSA) is 57.6 Å². The first-order chi connectivity index (χ1) is 10.1. The summed E-state index contributed by atoms with van der Waals surface area (Å²) in [7, 11) is -3.52. The van der Waals surface area contributed by atoms with E-state index in [1.54, 1.807) is 24.3 Å². The molecule has 0 saturated carbocycles. The van der Waals surface area contributed by atoms with E-state index in [0.717, 1.165) is 5.56 Å². The first-order valence-corrected chi connectivity index (χ1v) is 8.37. The second-order valence-electron chi connectivity index (χ2n) is 5.19. The first-order valence-electron chi connectivity index (χ1n) is 6.87. The van der Waals surface area contributed by atoms with Crippen molar-refractivity contribution in [3.8, 4) is 0 Å². The lowest BCUT2D eigenvalue weighted by Gasteiger charge is -2.19. The Bertz CT molecular complexity index is 701. The molecule has 2 aromatic rings. The zero-order chi connectivity index (χ0) is 14.9. The first kappa shape index (κ1) is 14.1. The van der Waals surface area contributed by atoms with Crippen LogP contribution in [0.25, 0.3) is 0 Å². The van der Waals surface area contributed by atoms with Gasteiger partial charge in [0.1, 0.15) is 5.25 Å². The van der Waals surface area contributed by atoms with Gasteiger partial charge in [0.15, 0.2) is 0 Å². The van der Waals surface area contributed by atoms with Gasteiger partial charge in [-0.3, -0.25) is 4.31 Å². The van der Waals surface area contributed by atoms with Crippen molar-refractivity contribution in [3.63, 3.8) is 0 Å². The Morgan fingerprint density at radius 3 is 2.14 bits per heavy atom. The maximum atomic E-state index is 12.9. The van der Waals surface area contributed by atoms with Crippen molar-refractivity contribution < 1.29 is 13.5 Å². The number of hydrogen-bond acceptors (Lipinski definition) is 3. The summed E-state index contributed by atoms with van der Waals surface area (Å²) < 4.78 is 27.2. The van der Waals surface area contributed by atoms with Crippen LogP contribution < -0.4 is 4.31 Å². The predicted octanol–water partition coefficient (Wildman–Crippen LogP) is 2.19. The SMILES string of the molecule is O=S1(=O)[C@@H](c2ccccc2)[C@H](CO)CN1c1ccccc1. The van der Waals surface area contributed by atoms with Gasteiger partial charge in [0.05, 0.1) is 5.69 Å². The molecule has 21 heavy (non-hydrogen) atoms. The van der Waals surface area contributed by atoms with Crippen molar-refractivity contribution >= 4 is 15.7 Å². The highest BCUT2D eigenvalue weighted by molar-refractivity contribution is 7.93. The number of aliphatic hydroxyl groups is 1. The number of aliphatic hydroxyl groups excluding tert-OH is 1. The summed E-state index contributed by atoms with van der Waals surface area (Å²) in [6.07, 6.45) is 0. The van der Waals surface area contributed by atoms with Crippen LogP contribution in [0.1, 0.15) is 10.8 Å². The number of nitrogens with zero attached hydrogens (tertiary/aromatic N) is 1. The Kier molecular flexibility index (Phi) is 3.69. The molecule has 1 N–H and O–H groups in total. The molecule has 1 saturated heterocycles. The van der Waals surface area contributed by atoms with Gasteiger partial charge in [-0.25, -0.2) is 8.42 Å². The van der Waals surface area contributed by atoms with Crippen molar-refractivity contribution in [1.29, 1.82) is 0 Å². The van der Waals surface area contributed by atoms with Crippen LogP contribution in [0.4, 0.5) is 5.69 Å². The van der Waals surface area contributed by atoms with Crippen molar-refractivity contribution in [3.05, 3.63) is 66.2 Å². The van der Waals surface area contributed by atoms with E-state index in [-0.39, 0.29) is 12.5 Å². The van der Waals surface area contributed by atoms with E-state index < -0.39 is 15.3 Å². The molecule has 1 heterocycles. The number of para-hydroxylation sites is 1. The fourth-order valence-electron chi connectivity index (χ4n) is 2.88. The number of rotatable bonds is 3. The molecular weight excluding hydrogens is 286 g/mol. The Hall–Kier alpha value is -1.85. The third-order valence-electron chi connectivity index (χ3n) is 3.86. The molecular formula is C16H17NO3S. The molecule has 4 nitrogen and oxygen atoms in total. The largest absolute Gasteiger partial charge is 0.396 e. The molecule has 0 unspecified atom stereocenters. The van der Waals surface area contributed by atoms with E-state index in [9.17, 15) is 13.5 Å². The van der Waals surface area contributed by atoms with Crippen LogP contribution in [0.5, 0.6) is 0 Å². The van der Waals surface area contributed by atoms with Crippen LogP contribution in [0, 0.1) is 5.92 Å². The molecule has 2 atom stereocenters. The molecule has 0 bridgehead atoms. The zero-order valence-electron chi connectivity index (χ0n) is 11.5. The minimum Gasteiger partial charge on any atom is -0.396 e. The molecule has 0 spiro atoms. The van der Waals surface area contributed by atoms with Crippen LogP contribution in [0.3, 0.4) is 0 Å². The van der Waals surface area contributed by atoms with Gasteiger partial charge in [-0.15, -0.1) is 0 Å². The summed E-state index contributed by atoms with van der Waals surface area (Å²) in [6.45, 7) is 0.157. The van der Waals surface area contributed by atoms with Gasteiger partial charge in [0, 0.05) is 19.1 Å². The van der Waals surface area contributed by atoms with Gasteiger partial charge in [-0.2, -0.15) is 0 Å². The highest BCUT2D eigenvalue weighted by Crippen LogP contribution is 2.41.